The lowest BCUT2D eigenvalue weighted by molar-refractivity contribution is -0.379. The third kappa shape index (κ3) is 2.06. The van der Waals surface area contributed by atoms with Gasteiger partial charge in [-0.1, -0.05) is 41.1 Å². The van der Waals surface area contributed by atoms with Crippen molar-refractivity contribution in [1.29, 1.82) is 0 Å². The second-order valence-electron chi connectivity index (χ2n) is 3.70. The highest BCUT2D eigenvalue weighted by Gasteiger charge is 2.24. The van der Waals surface area contributed by atoms with Crippen LogP contribution in [-0.4, -0.2) is 4.92 Å². The van der Waals surface area contributed by atoms with Gasteiger partial charge in [0.15, 0.2) is 0 Å². The SMILES string of the molecule is Cc1sc([N+](=O)[O-])c(-c2ccccc2Cl)c1C. The fraction of sp³-hybridized carbons (Fsp3) is 0.167. The molecule has 0 aliphatic carbocycles. The summed E-state index contributed by atoms with van der Waals surface area (Å²) < 4.78 is 0. The van der Waals surface area contributed by atoms with Crippen LogP contribution in [0.2, 0.25) is 5.02 Å². The second-order valence-corrected chi connectivity index (χ2v) is 5.31. The first-order chi connectivity index (χ1) is 8.02. The summed E-state index contributed by atoms with van der Waals surface area (Å²) in [6.45, 7) is 3.77. The molecule has 0 bridgehead atoms. The van der Waals surface area contributed by atoms with Gasteiger partial charge < -0.3 is 0 Å². The highest BCUT2D eigenvalue weighted by Crippen LogP contribution is 2.43. The lowest BCUT2D eigenvalue weighted by Crippen LogP contribution is -1.89. The Morgan fingerprint density at radius 1 is 1.29 bits per heavy atom. The minimum absolute atomic E-state index is 0.160. The maximum atomic E-state index is 11.0. The van der Waals surface area contributed by atoms with E-state index in [-0.39, 0.29) is 9.92 Å². The zero-order valence-electron chi connectivity index (χ0n) is 9.36. The third-order valence-electron chi connectivity index (χ3n) is 2.68. The van der Waals surface area contributed by atoms with Crippen LogP contribution >= 0.6 is 22.9 Å². The van der Waals surface area contributed by atoms with Crippen LogP contribution < -0.4 is 0 Å². The van der Waals surface area contributed by atoms with Crippen LogP contribution in [0, 0.1) is 24.0 Å². The normalized spacial score (nSPS) is 10.5. The maximum Gasteiger partial charge on any atom is 0.332 e. The zero-order valence-corrected chi connectivity index (χ0v) is 10.9. The van der Waals surface area contributed by atoms with Crippen molar-refractivity contribution < 1.29 is 4.92 Å². The number of hydrogen-bond acceptors (Lipinski definition) is 3. The van der Waals surface area contributed by atoms with Gasteiger partial charge in [0, 0.05) is 15.5 Å². The molecule has 0 aliphatic heterocycles. The van der Waals surface area contributed by atoms with Crippen molar-refractivity contribution in [1.82, 2.24) is 0 Å². The number of halogens is 1. The molecule has 0 aliphatic rings. The Bertz CT molecular complexity index is 592. The average Bonchev–Trinajstić information content (AvgIpc) is 2.57. The Balaban J connectivity index is 2.75. The molecule has 0 saturated heterocycles. The Kier molecular flexibility index (Phi) is 3.17. The second kappa shape index (κ2) is 4.47. The molecule has 3 nitrogen and oxygen atoms in total. The fourth-order valence-electron chi connectivity index (χ4n) is 1.72. The van der Waals surface area contributed by atoms with Crippen molar-refractivity contribution in [2.75, 3.05) is 0 Å². The van der Waals surface area contributed by atoms with Crippen molar-refractivity contribution >= 4 is 27.9 Å². The van der Waals surface area contributed by atoms with Gasteiger partial charge in [-0.25, -0.2) is 0 Å². The molecule has 17 heavy (non-hydrogen) atoms. The smallest absolute Gasteiger partial charge is 0.258 e. The maximum absolute atomic E-state index is 11.0. The first-order valence-electron chi connectivity index (χ1n) is 5.01. The van der Waals surface area contributed by atoms with E-state index in [4.69, 9.17) is 11.6 Å². The lowest BCUT2D eigenvalue weighted by atomic mass is 10.0. The van der Waals surface area contributed by atoms with E-state index in [2.05, 4.69) is 0 Å². The van der Waals surface area contributed by atoms with Crippen molar-refractivity contribution in [3.8, 4) is 11.1 Å². The molecular weight excluding hydrogens is 258 g/mol. The molecule has 0 saturated carbocycles. The molecule has 0 atom stereocenters. The van der Waals surface area contributed by atoms with Gasteiger partial charge in [-0.3, -0.25) is 10.1 Å². The first-order valence-corrected chi connectivity index (χ1v) is 6.21. The van der Waals surface area contributed by atoms with E-state index in [0.29, 0.717) is 10.6 Å². The van der Waals surface area contributed by atoms with Gasteiger partial charge in [0.1, 0.15) is 0 Å². The predicted molar refractivity (Wildman–Crippen MR) is 70.9 cm³/mol. The molecule has 0 N–H and O–H groups in total. The van der Waals surface area contributed by atoms with Crippen LogP contribution in [0.25, 0.3) is 11.1 Å². The van der Waals surface area contributed by atoms with E-state index in [0.717, 1.165) is 16.0 Å². The predicted octanol–water partition coefficient (Wildman–Crippen LogP) is 4.59. The summed E-state index contributed by atoms with van der Waals surface area (Å²) in [6, 6.07) is 7.19. The molecule has 1 aromatic carbocycles. The molecule has 0 spiro atoms. The van der Waals surface area contributed by atoms with Crippen molar-refractivity contribution in [3.63, 3.8) is 0 Å². The molecular formula is C12H10ClNO2S. The van der Waals surface area contributed by atoms with Gasteiger partial charge in [0.05, 0.1) is 10.5 Å². The van der Waals surface area contributed by atoms with Crippen LogP contribution in [0.1, 0.15) is 10.4 Å². The van der Waals surface area contributed by atoms with Crippen LogP contribution in [0.4, 0.5) is 5.00 Å². The standard InChI is InChI=1S/C12H10ClNO2S/c1-7-8(2)17-12(14(15)16)11(7)9-5-3-4-6-10(9)13/h3-6H,1-2H3. The Morgan fingerprint density at radius 3 is 2.53 bits per heavy atom. The number of benzene rings is 1. The minimum atomic E-state index is -0.344. The zero-order chi connectivity index (χ0) is 12.6. The van der Waals surface area contributed by atoms with E-state index in [1.54, 1.807) is 6.07 Å². The molecule has 88 valence electrons. The summed E-state index contributed by atoms with van der Waals surface area (Å²) in [4.78, 5) is 11.7. The van der Waals surface area contributed by atoms with Crippen LogP contribution in [0.15, 0.2) is 24.3 Å². The summed E-state index contributed by atoms with van der Waals surface area (Å²) in [5.74, 6) is 0. The molecule has 0 radical (unpaired) electrons. The van der Waals surface area contributed by atoms with Gasteiger partial charge in [-0.2, -0.15) is 0 Å². The Hall–Kier alpha value is -1.39. The van der Waals surface area contributed by atoms with E-state index in [1.807, 2.05) is 32.0 Å². The molecule has 1 heterocycles. The van der Waals surface area contributed by atoms with Crippen molar-refractivity contribution in [2.24, 2.45) is 0 Å². The summed E-state index contributed by atoms with van der Waals surface area (Å²) in [6.07, 6.45) is 0. The van der Waals surface area contributed by atoms with Gasteiger partial charge in [0.2, 0.25) is 0 Å². The minimum Gasteiger partial charge on any atom is -0.258 e. The van der Waals surface area contributed by atoms with Crippen molar-refractivity contribution in [3.05, 3.63) is 49.8 Å². The number of thiophene rings is 1. The largest absolute Gasteiger partial charge is 0.332 e. The monoisotopic (exact) mass is 267 g/mol. The van der Waals surface area contributed by atoms with Crippen LogP contribution in [-0.2, 0) is 0 Å². The summed E-state index contributed by atoms with van der Waals surface area (Å²) >= 11 is 7.29. The van der Waals surface area contributed by atoms with Crippen molar-refractivity contribution in [2.45, 2.75) is 13.8 Å². The highest BCUT2D eigenvalue weighted by atomic mass is 35.5. The van der Waals surface area contributed by atoms with Crippen LogP contribution in [0.3, 0.4) is 0 Å². The highest BCUT2D eigenvalue weighted by molar-refractivity contribution is 7.16. The molecule has 2 rings (SSSR count). The number of hydrogen-bond donors (Lipinski definition) is 0. The molecule has 5 heteroatoms. The van der Waals surface area contributed by atoms with E-state index in [1.165, 1.54) is 11.3 Å². The molecule has 0 fully saturated rings. The number of aryl methyl sites for hydroxylation is 1. The average molecular weight is 268 g/mol. The number of nitro groups is 1. The topological polar surface area (TPSA) is 43.1 Å². The molecule has 0 unspecified atom stereocenters. The van der Waals surface area contributed by atoms with Gasteiger partial charge in [0.25, 0.3) is 0 Å². The summed E-state index contributed by atoms with van der Waals surface area (Å²) in [5.41, 5.74) is 2.29. The summed E-state index contributed by atoms with van der Waals surface area (Å²) in [7, 11) is 0. The Labute approximate surface area is 108 Å². The summed E-state index contributed by atoms with van der Waals surface area (Å²) in [5, 5.41) is 11.7. The van der Waals surface area contributed by atoms with Gasteiger partial charge >= 0.3 is 5.00 Å². The van der Waals surface area contributed by atoms with Crippen LogP contribution in [0.5, 0.6) is 0 Å². The van der Waals surface area contributed by atoms with E-state index in [9.17, 15) is 10.1 Å². The Morgan fingerprint density at radius 2 is 1.94 bits per heavy atom. The van der Waals surface area contributed by atoms with Gasteiger partial charge in [-0.15, -0.1) is 0 Å². The lowest BCUT2D eigenvalue weighted by Gasteiger charge is -2.03. The molecule has 2 aromatic rings. The van der Waals surface area contributed by atoms with E-state index >= 15 is 0 Å². The quantitative estimate of drug-likeness (QED) is 0.590. The number of rotatable bonds is 2. The van der Waals surface area contributed by atoms with E-state index < -0.39 is 0 Å². The third-order valence-corrected chi connectivity index (χ3v) is 4.16. The molecule has 0 amide bonds. The first kappa shape index (κ1) is 12.1. The van der Waals surface area contributed by atoms with Gasteiger partial charge in [-0.05, 0) is 25.5 Å². The fourth-order valence-corrected chi connectivity index (χ4v) is 2.93. The number of nitrogens with zero attached hydrogens (tertiary/aromatic N) is 1. The molecule has 1 aromatic heterocycles.